The van der Waals surface area contributed by atoms with Gasteiger partial charge >= 0.3 is 0 Å². The lowest BCUT2D eigenvalue weighted by atomic mass is 10.1. The molecule has 1 aromatic carbocycles. The highest BCUT2D eigenvalue weighted by molar-refractivity contribution is 9.10. The Morgan fingerprint density at radius 2 is 2.20 bits per heavy atom. The summed E-state index contributed by atoms with van der Waals surface area (Å²) in [4.78, 5) is 37.0. The van der Waals surface area contributed by atoms with Crippen molar-refractivity contribution in [2.75, 3.05) is 12.3 Å². The van der Waals surface area contributed by atoms with Gasteiger partial charge in [-0.3, -0.25) is 19.7 Å². The minimum absolute atomic E-state index is 0.144. The highest BCUT2D eigenvalue weighted by atomic mass is 79.9. The molecule has 0 aliphatic carbocycles. The molecule has 106 valence electrons. The highest BCUT2D eigenvalue weighted by Gasteiger charge is 2.36. The summed E-state index contributed by atoms with van der Waals surface area (Å²) in [6.45, 7) is 1.64. The van der Waals surface area contributed by atoms with E-state index in [-0.39, 0.29) is 12.1 Å². The average Bonchev–Trinajstić information content (AvgIpc) is 2.40. The van der Waals surface area contributed by atoms with Crippen molar-refractivity contribution >= 4 is 39.3 Å². The predicted octanol–water partition coefficient (Wildman–Crippen LogP) is 0.908. The molecule has 3 N–H and O–H groups in total. The monoisotopic (exact) mass is 339 g/mol. The number of benzene rings is 1. The first kappa shape index (κ1) is 14.5. The molecule has 1 saturated heterocycles. The Balaban J connectivity index is 2.37. The van der Waals surface area contributed by atoms with Crippen LogP contribution in [0.25, 0.3) is 0 Å². The smallest absolute Gasteiger partial charge is 0.257 e. The number of imide groups is 1. The van der Waals surface area contributed by atoms with E-state index in [4.69, 9.17) is 5.73 Å². The number of nitrogens with two attached hydrogens (primary N) is 1. The molecule has 1 heterocycles. The molecule has 1 aliphatic heterocycles. The first-order chi connectivity index (χ1) is 9.43. The molecule has 0 aromatic heterocycles. The first-order valence-electron chi connectivity index (χ1n) is 6.13. The molecular weight excluding hydrogens is 326 g/mol. The van der Waals surface area contributed by atoms with Crippen LogP contribution >= 0.6 is 15.9 Å². The SMILES string of the molecule is CCC1C(=O)NC(=O)CN1C(=O)c1cc(Br)ccc1N. The van der Waals surface area contributed by atoms with Crippen molar-refractivity contribution in [3.63, 3.8) is 0 Å². The van der Waals surface area contributed by atoms with Crippen molar-refractivity contribution in [1.82, 2.24) is 10.2 Å². The fraction of sp³-hybridized carbons (Fsp3) is 0.308. The maximum atomic E-state index is 12.5. The number of hydrogen-bond acceptors (Lipinski definition) is 4. The number of anilines is 1. The Kier molecular flexibility index (Phi) is 4.08. The van der Waals surface area contributed by atoms with Crippen LogP contribution < -0.4 is 11.1 Å². The largest absolute Gasteiger partial charge is 0.398 e. The maximum Gasteiger partial charge on any atom is 0.257 e. The molecule has 1 aliphatic rings. The van der Waals surface area contributed by atoms with Gasteiger partial charge in [0.05, 0.1) is 5.56 Å². The molecule has 7 heteroatoms. The van der Waals surface area contributed by atoms with Crippen molar-refractivity contribution in [2.45, 2.75) is 19.4 Å². The van der Waals surface area contributed by atoms with Crippen LogP contribution in [0.4, 0.5) is 5.69 Å². The number of rotatable bonds is 2. The summed E-state index contributed by atoms with van der Waals surface area (Å²) >= 11 is 3.27. The summed E-state index contributed by atoms with van der Waals surface area (Å²) < 4.78 is 0.705. The van der Waals surface area contributed by atoms with Crippen LogP contribution in [0, 0.1) is 0 Å². The van der Waals surface area contributed by atoms with E-state index in [0.29, 0.717) is 16.6 Å². The van der Waals surface area contributed by atoms with Gasteiger partial charge in [0.25, 0.3) is 5.91 Å². The summed E-state index contributed by atoms with van der Waals surface area (Å²) in [5.41, 5.74) is 6.39. The molecule has 2 rings (SSSR count). The van der Waals surface area contributed by atoms with Crippen LogP contribution in [-0.2, 0) is 9.59 Å². The summed E-state index contributed by atoms with van der Waals surface area (Å²) in [7, 11) is 0. The second kappa shape index (κ2) is 5.62. The number of hydrogen-bond donors (Lipinski definition) is 2. The normalized spacial score (nSPS) is 18.9. The van der Waals surface area contributed by atoms with Crippen LogP contribution in [0.2, 0.25) is 0 Å². The summed E-state index contributed by atoms with van der Waals surface area (Å²) in [6.07, 6.45) is 0.429. The molecule has 1 fully saturated rings. The van der Waals surface area contributed by atoms with E-state index in [0.717, 1.165) is 0 Å². The van der Waals surface area contributed by atoms with Crippen LogP contribution in [0.5, 0.6) is 0 Å². The minimum atomic E-state index is -0.654. The molecule has 0 radical (unpaired) electrons. The fourth-order valence-electron chi connectivity index (χ4n) is 2.15. The molecular formula is C13H14BrN3O3. The molecule has 1 aromatic rings. The molecule has 0 bridgehead atoms. The molecule has 20 heavy (non-hydrogen) atoms. The maximum absolute atomic E-state index is 12.5. The number of nitrogens with zero attached hydrogens (tertiary/aromatic N) is 1. The van der Waals surface area contributed by atoms with Crippen molar-refractivity contribution in [3.05, 3.63) is 28.2 Å². The van der Waals surface area contributed by atoms with E-state index >= 15 is 0 Å². The standard InChI is InChI=1S/C13H14BrN3O3/c1-2-10-12(19)16-11(18)6-17(10)13(20)8-5-7(14)3-4-9(8)15/h3-5,10H,2,6,15H2,1H3,(H,16,18,19). The van der Waals surface area contributed by atoms with Gasteiger partial charge in [0.1, 0.15) is 12.6 Å². The summed E-state index contributed by atoms with van der Waals surface area (Å²) in [5.74, 6) is -1.36. The number of carbonyl (C=O) groups is 3. The molecule has 6 nitrogen and oxygen atoms in total. The molecule has 0 spiro atoms. The van der Waals surface area contributed by atoms with Crippen molar-refractivity contribution in [3.8, 4) is 0 Å². The Morgan fingerprint density at radius 1 is 1.50 bits per heavy atom. The summed E-state index contributed by atoms with van der Waals surface area (Å²) in [5, 5.41) is 2.23. The Bertz CT molecular complexity index is 588. The van der Waals surface area contributed by atoms with Gasteiger partial charge in [-0.15, -0.1) is 0 Å². The van der Waals surface area contributed by atoms with Gasteiger partial charge in [-0.2, -0.15) is 0 Å². The van der Waals surface area contributed by atoms with Gasteiger partial charge in [0.2, 0.25) is 11.8 Å². The van der Waals surface area contributed by atoms with Crippen LogP contribution in [-0.4, -0.2) is 35.2 Å². The average molecular weight is 340 g/mol. The third kappa shape index (κ3) is 2.67. The van der Waals surface area contributed by atoms with E-state index in [1.807, 2.05) is 0 Å². The van der Waals surface area contributed by atoms with E-state index in [2.05, 4.69) is 21.2 Å². The fourth-order valence-corrected chi connectivity index (χ4v) is 2.52. The first-order valence-corrected chi connectivity index (χ1v) is 6.93. The van der Waals surface area contributed by atoms with Gasteiger partial charge in [-0.05, 0) is 24.6 Å². The summed E-state index contributed by atoms with van der Waals surface area (Å²) in [6, 6.07) is 4.25. The van der Waals surface area contributed by atoms with Crippen LogP contribution in [0.1, 0.15) is 23.7 Å². The number of halogens is 1. The minimum Gasteiger partial charge on any atom is -0.398 e. The topological polar surface area (TPSA) is 92.5 Å². The van der Waals surface area contributed by atoms with E-state index in [1.54, 1.807) is 25.1 Å². The van der Waals surface area contributed by atoms with Gasteiger partial charge < -0.3 is 10.6 Å². The number of nitrogens with one attached hydrogen (secondary N) is 1. The van der Waals surface area contributed by atoms with Gasteiger partial charge in [0.15, 0.2) is 0 Å². The second-order valence-corrected chi connectivity index (χ2v) is 5.42. The van der Waals surface area contributed by atoms with E-state index in [9.17, 15) is 14.4 Å². The van der Waals surface area contributed by atoms with Gasteiger partial charge in [-0.25, -0.2) is 0 Å². The molecule has 1 atom stereocenters. The Hall–Kier alpha value is -1.89. The third-order valence-electron chi connectivity index (χ3n) is 3.15. The van der Waals surface area contributed by atoms with Crippen LogP contribution in [0.3, 0.4) is 0 Å². The van der Waals surface area contributed by atoms with Crippen molar-refractivity contribution in [1.29, 1.82) is 0 Å². The number of carbonyl (C=O) groups excluding carboxylic acids is 3. The zero-order chi connectivity index (χ0) is 14.9. The quantitative estimate of drug-likeness (QED) is 0.618. The van der Waals surface area contributed by atoms with Crippen molar-refractivity contribution < 1.29 is 14.4 Å². The van der Waals surface area contributed by atoms with Gasteiger partial charge in [-0.1, -0.05) is 22.9 Å². The second-order valence-electron chi connectivity index (χ2n) is 4.50. The number of amides is 3. The third-order valence-corrected chi connectivity index (χ3v) is 3.64. The number of nitrogen functional groups attached to an aromatic ring is 1. The lowest BCUT2D eigenvalue weighted by Crippen LogP contribution is -2.59. The lowest BCUT2D eigenvalue weighted by Gasteiger charge is -2.33. The Morgan fingerprint density at radius 3 is 2.85 bits per heavy atom. The van der Waals surface area contributed by atoms with E-state index in [1.165, 1.54) is 4.90 Å². The zero-order valence-corrected chi connectivity index (χ0v) is 12.4. The van der Waals surface area contributed by atoms with Crippen LogP contribution in [0.15, 0.2) is 22.7 Å². The Labute approximate surface area is 124 Å². The van der Waals surface area contributed by atoms with Gasteiger partial charge in [0, 0.05) is 10.2 Å². The highest BCUT2D eigenvalue weighted by Crippen LogP contribution is 2.22. The predicted molar refractivity (Wildman–Crippen MR) is 76.8 cm³/mol. The van der Waals surface area contributed by atoms with Crippen molar-refractivity contribution in [2.24, 2.45) is 0 Å². The lowest BCUT2D eigenvalue weighted by molar-refractivity contribution is -0.138. The number of piperazine rings is 1. The molecule has 3 amide bonds. The molecule has 1 unspecified atom stereocenters. The van der Waals surface area contributed by atoms with E-state index < -0.39 is 23.8 Å². The zero-order valence-electron chi connectivity index (χ0n) is 10.9. The molecule has 0 saturated carbocycles.